The summed E-state index contributed by atoms with van der Waals surface area (Å²) in [4.78, 5) is 39.0. The fourth-order valence-electron chi connectivity index (χ4n) is 4.81. The third kappa shape index (κ3) is 7.82. The fourth-order valence-corrected chi connectivity index (χ4v) is 7.13. The summed E-state index contributed by atoms with van der Waals surface area (Å²) in [5.41, 5.74) is 4.05. The normalized spacial score (nSPS) is 16.9. The van der Waals surface area contributed by atoms with Crippen LogP contribution >= 0.6 is 23.5 Å². The lowest BCUT2D eigenvalue weighted by Crippen LogP contribution is -2.29. The topological polar surface area (TPSA) is 98.7 Å². The van der Waals surface area contributed by atoms with Crippen LogP contribution in [0, 0.1) is 0 Å². The average Bonchev–Trinajstić information content (AvgIpc) is 3.49. The number of aliphatic imine (C=N–C) groups is 1. The van der Waals surface area contributed by atoms with Crippen LogP contribution in [0.4, 0.5) is 22.7 Å². The first-order valence-corrected chi connectivity index (χ1v) is 16.3. The number of anilines is 3. The van der Waals surface area contributed by atoms with Gasteiger partial charge in [0.25, 0.3) is 5.91 Å². The van der Waals surface area contributed by atoms with Crippen molar-refractivity contribution in [1.29, 1.82) is 0 Å². The molecule has 12 heteroatoms. The highest BCUT2D eigenvalue weighted by molar-refractivity contribution is 8.19. The van der Waals surface area contributed by atoms with Crippen LogP contribution in [0.15, 0.2) is 86.6 Å². The summed E-state index contributed by atoms with van der Waals surface area (Å²) in [6, 6.07) is 21.4. The van der Waals surface area contributed by atoms with Crippen LogP contribution in [0.1, 0.15) is 12.5 Å². The maximum absolute atomic E-state index is 14.2. The summed E-state index contributed by atoms with van der Waals surface area (Å²) >= 11 is 2.93. The Kier molecular flexibility index (Phi) is 10.7. The number of fused-ring (bicyclic) bond motifs is 1. The van der Waals surface area contributed by atoms with E-state index in [0.717, 1.165) is 32.6 Å². The van der Waals surface area contributed by atoms with E-state index in [0.29, 0.717) is 47.8 Å². The Hall–Kier alpha value is -3.97. The second-order valence-corrected chi connectivity index (χ2v) is 12.7. The molecule has 0 saturated carbocycles. The van der Waals surface area contributed by atoms with E-state index in [2.05, 4.69) is 10.6 Å². The van der Waals surface area contributed by atoms with E-state index in [1.807, 2.05) is 105 Å². The van der Waals surface area contributed by atoms with Gasteiger partial charge in [0.15, 0.2) is 5.17 Å². The zero-order chi connectivity index (χ0) is 31.9. The smallest absolute Gasteiger partial charge is 0.269 e. The predicted molar refractivity (Wildman–Crippen MR) is 185 cm³/mol. The standard InChI is InChI=1S/C33H38N6O4S2/c1-6-34-25-14-12-23(35-29(40)21-37(2)3)18-26(25)36-33-39(20-22-10-8-7-9-11-22)31(41)30(45-33)32-38(4)27-19-24(43-17-16-42-5)13-15-28(27)44-32/h7-15,18-19,34H,6,16-17,20-21H2,1-5H3,(H,35,40)/b32-30-,36-33?. The number of hydrogen-bond acceptors (Lipinski definition) is 10. The van der Waals surface area contributed by atoms with Gasteiger partial charge < -0.3 is 29.9 Å². The molecule has 3 aromatic carbocycles. The molecule has 0 unspecified atom stereocenters. The number of benzene rings is 3. The molecule has 45 heavy (non-hydrogen) atoms. The lowest BCUT2D eigenvalue weighted by Gasteiger charge is -2.18. The first-order chi connectivity index (χ1) is 21.8. The Balaban J connectivity index is 1.51. The van der Waals surface area contributed by atoms with Crippen molar-refractivity contribution in [3.8, 4) is 5.75 Å². The van der Waals surface area contributed by atoms with E-state index in [-0.39, 0.29) is 18.4 Å². The Morgan fingerprint density at radius 2 is 1.82 bits per heavy atom. The van der Waals surface area contributed by atoms with Crippen LogP contribution in [0.25, 0.3) is 0 Å². The van der Waals surface area contributed by atoms with Gasteiger partial charge in [-0.3, -0.25) is 14.5 Å². The number of amidine groups is 1. The number of likely N-dealkylation sites (N-methyl/N-ethyl adjacent to an activating group) is 1. The van der Waals surface area contributed by atoms with Crippen molar-refractivity contribution >= 4 is 63.3 Å². The van der Waals surface area contributed by atoms with Gasteiger partial charge in [0.05, 0.1) is 41.8 Å². The minimum atomic E-state index is -0.119. The molecule has 2 amide bonds. The van der Waals surface area contributed by atoms with Gasteiger partial charge in [0.2, 0.25) is 5.91 Å². The zero-order valence-electron chi connectivity index (χ0n) is 26.1. The molecule has 2 N–H and O–H groups in total. The lowest BCUT2D eigenvalue weighted by atomic mass is 10.2. The monoisotopic (exact) mass is 646 g/mol. The highest BCUT2D eigenvalue weighted by Gasteiger charge is 2.39. The second kappa shape index (κ2) is 14.9. The Labute approximate surface area is 272 Å². The molecule has 0 aliphatic carbocycles. The number of ether oxygens (including phenoxy) is 2. The first-order valence-electron chi connectivity index (χ1n) is 14.6. The number of nitrogens with one attached hydrogen (secondary N) is 2. The summed E-state index contributed by atoms with van der Waals surface area (Å²) in [5.74, 6) is 0.518. The van der Waals surface area contributed by atoms with Gasteiger partial charge in [-0.1, -0.05) is 42.1 Å². The molecule has 2 heterocycles. The summed E-state index contributed by atoms with van der Waals surface area (Å²) in [6.45, 7) is 4.30. The van der Waals surface area contributed by atoms with Crippen molar-refractivity contribution in [3.05, 3.63) is 82.2 Å². The van der Waals surface area contributed by atoms with Gasteiger partial charge in [-0.15, -0.1) is 0 Å². The van der Waals surface area contributed by atoms with Crippen LogP contribution < -0.4 is 20.3 Å². The van der Waals surface area contributed by atoms with Gasteiger partial charge in [-0.2, -0.15) is 0 Å². The number of nitrogens with zero attached hydrogens (tertiary/aromatic N) is 4. The molecular formula is C33H38N6O4S2. The average molecular weight is 647 g/mol. The largest absolute Gasteiger partial charge is 0.491 e. The third-order valence-corrected chi connectivity index (χ3v) is 9.36. The molecule has 2 aliphatic rings. The van der Waals surface area contributed by atoms with Crippen LogP contribution in [0.5, 0.6) is 5.75 Å². The summed E-state index contributed by atoms with van der Waals surface area (Å²) < 4.78 is 11.0. The maximum Gasteiger partial charge on any atom is 0.269 e. The SMILES string of the molecule is CCNc1ccc(NC(=O)CN(C)C)cc1N=C1S/C(=C2\Sc3ccc(OCCOC)cc3N2C)C(=O)N1Cc1ccccc1. The molecule has 0 bridgehead atoms. The molecule has 10 nitrogen and oxygen atoms in total. The van der Waals surface area contributed by atoms with Gasteiger partial charge in [-0.05, 0) is 68.7 Å². The molecular weight excluding hydrogens is 609 g/mol. The summed E-state index contributed by atoms with van der Waals surface area (Å²) in [7, 11) is 7.31. The summed E-state index contributed by atoms with van der Waals surface area (Å²) in [6.07, 6.45) is 0. The first kappa shape index (κ1) is 32.4. The van der Waals surface area contributed by atoms with Crippen molar-refractivity contribution in [2.75, 3.05) is 70.1 Å². The van der Waals surface area contributed by atoms with Gasteiger partial charge in [0.1, 0.15) is 17.3 Å². The van der Waals surface area contributed by atoms with E-state index < -0.39 is 0 Å². The number of methoxy groups -OCH3 is 1. The van der Waals surface area contributed by atoms with Crippen molar-refractivity contribution < 1.29 is 19.1 Å². The number of thioether (sulfide) groups is 2. The van der Waals surface area contributed by atoms with Gasteiger partial charge >= 0.3 is 0 Å². The Morgan fingerprint density at radius 1 is 1.02 bits per heavy atom. The third-order valence-electron chi connectivity index (χ3n) is 6.93. The molecule has 5 rings (SSSR count). The fraction of sp³-hybridized carbons (Fsp3) is 0.303. The quantitative estimate of drug-likeness (QED) is 0.186. The number of amides is 2. The van der Waals surface area contributed by atoms with E-state index in [9.17, 15) is 9.59 Å². The molecule has 0 aromatic heterocycles. The number of carbonyl (C=O) groups is 2. The van der Waals surface area contributed by atoms with E-state index >= 15 is 0 Å². The van der Waals surface area contributed by atoms with Gasteiger partial charge in [0, 0.05) is 37.4 Å². The molecule has 0 atom stereocenters. The van der Waals surface area contributed by atoms with Crippen molar-refractivity contribution in [3.63, 3.8) is 0 Å². The minimum absolute atomic E-state index is 0.109. The minimum Gasteiger partial charge on any atom is -0.491 e. The van der Waals surface area contributed by atoms with Crippen LogP contribution in [-0.4, -0.2) is 81.3 Å². The van der Waals surface area contributed by atoms with E-state index in [1.54, 1.807) is 23.8 Å². The second-order valence-electron chi connectivity index (χ2n) is 10.7. The van der Waals surface area contributed by atoms with E-state index in [1.165, 1.54) is 11.8 Å². The Morgan fingerprint density at radius 3 is 2.56 bits per heavy atom. The predicted octanol–water partition coefficient (Wildman–Crippen LogP) is 5.82. The number of hydrogen-bond donors (Lipinski definition) is 2. The molecule has 0 radical (unpaired) electrons. The molecule has 1 saturated heterocycles. The highest BCUT2D eigenvalue weighted by Crippen LogP contribution is 2.51. The summed E-state index contributed by atoms with van der Waals surface area (Å²) in [5, 5.41) is 7.73. The Bertz CT molecular complexity index is 1610. The molecule has 3 aromatic rings. The number of carbonyl (C=O) groups excluding carboxylic acids is 2. The molecule has 236 valence electrons. The van der Waals surface area contributed by atoms with Crippen molar-refractivity contribution in [2.24, 2.45) is 4.99 Å². The highest BCUT2D eigenvalue weighted by atomic mass is 32.2. The lowest BCUT2D eigenvalue weighted by molar-refractivity contribution is -0.122. The maximum atomic E-state index is 14.2. The van der Waals surface area contributed by atoms with E-state index in [4.69, 9.17) is 14.5 Å². The van der Waals surface area contributed by atoms with Gasteiger partial charge in [-0.25, -0.2) is 4.99 Å². The molecule has 1 fully saturated rings. The molecule has 0 spiro atoms. The van der Waals surface area contributed by atoms with Crippen LogP contribution in [0.3, 0.4) is 0 Å². The molecule has 2 aliphatic heterocycles. The van der Waals surface area contributed by atoms with Crippen molar-refractivity contribution in [2.45, 2.75) is 18.4 Å². The van der Waals surface area contributed by atoms with Crippen LogP contribution in [0.2, 0.25) is 0 Å². The van der Waals surface area contributed by atoms with Crippen molar-refractivity contribution in [1.82, 2.24) is 9.80 Å². The number of rotatable bonds is 12. The zero-order valence-corrected chi connectivity index (χ0v) is 27.8. The van der Waals surface area contributed by atoms with Crippen LogP contribution in [-0.2, 0) is 20.9 Å².